The van der Waals surface area contributed by atoms with Crippen LogP contribution in [0.1, 0.15) is 37.7 Å². The molecule has 0 radical (unpaired) electrons. The van der Waals surface area contributed by atoms with Gasteiger partial charge >= 0.3 is 11.9 Å². The van der Waals surface area contributed by atoms with Crippen LogP contribution in [-0.4, -0.2) is 93.5 Å². The lowest BCUT2D eigenvalue weighted by molar-refractivity contribution is -0.143. The molecule has 16 heteroatoms. The number of amides is 3. The van der Waals surface area contributed by atoms with Crippen molar-refractivity contribution >= 4 is 58.3 Å². The van der Waals surface area contributed by atoms with E-state index in [0.29, 0.717) is 24.2 Å². The van der Waals surface area contributed by atoms with Gasteiger partial charge in [0.25, 0.3) is 0 Å². The first kappa shape index (κ1) is 34.9. The minimum atomic E-state index is -1.50. The Morgan fingerprint density at radius 3 is 2.23 bits per heavy atom. The molecule has 4 unspecified atom stereocenters. The molecule has 0 aliphatic heterocycles. The summed E-state index contributed by atoms with van der Waals surface area (Å²) in [5, 5.41) is 27.0. The third-order valence-electron chi connectivity index (χ3n) is 6.54. The maximum absolute atomic E-state index is 13.5. The van der Waals surface area contributed by atoms with Gasteiger partial charge in [0.15, 0.2) is 5.96 Å². The van der Waals surface area contributed by atoms with Crippen LogP contribution >= 0.6 is 11.8 Å². The third kappa shape index (κ3) is 11.8. The molecule has 0 spiro atoms. The molecular formula is C27H40N8O7S. The molecule has 0 saturated heterocycles. The Labute approximate surface area is 252 Å². The molecule has 1 aromatic carbocycles. The Morgan fingerprint density at radius 2 is 1.58 bits per heavy atom. The van der Waals surface area contributed by atoms with Gasteiger partial charge in [-0.25, -0.2) is 4.79 Å². The normalized spacial score (nSPS) is 13.7. The highest BCUT2D eigenvalue weighted by Gasteiger charge is 2.31. The van der Waals surface area contributed by atoms with Gasteiger partial charge in [-0.15, -0.1) is 0 Å². The van der Waals surface area contributed by atoms with E-state index in [4.69, 9.17) is 22.3 Å². The lowest BCUT2D eigenvalue weighted by atomic mass is 10.0. The van der Waals surface area contributed by atoms with Crippen molar-refractivity contribution < 1.29 is 34.2 Å². The smallest absolute Gasteiger partial charge is 0.326 e. The van der Waals surface area contributed by atoms with Gasteiger partial charge in [0.1, 0.15) is 18.1 Å². The predicted octanol–water partition coefficient (Wildman–Crippen LogP) is -0.752. The van der Waals surface area contributed by atoms with Crippen LogP contribution in [0.3, 0.4) is 0 Å². The van der Waals surface area contributed by atoms with Crippen molar-refractivity contribution in [3.8, 4) is 0 Å². The topological polar surface area (TPSA) is 268 Å². The largest absolute Gasteiger partial charge is 0.481 e. The molecule has 0 aliphatic carbocycles. The average Bonchev–Trinajstić information content (AvgIpc) is 3.37. The van der Waals surface area contributed by atoms with Crippen molar-refractivity contribution in [3.05, 3.63) is 36.0 Å². The van der Waals surface area contributed by atoms with Crippen LogP contribution in [-0.2, 0) is 30.4 Å². The van der Waals surface area contributed by atoms with Gasteiger partial charge in [-0.2, -0.15) is 11.8 Å². The molecule has 236 valence electrons. The molecule has 1 heterocycles. The molecule has 0 saturated carbocycles. The number of nitrogens with zero attached hydrogens (tertiary/aromatic N) is 1. The first-order valence-corrected chi connectivity index (χ1v) is 15.0. The SMILES string of the molecule is CSCCC(N)C(=O)NC(CCCN=C(N)N)C(=O)NC(Cc1c[nH]c2ccccc12)C(=O)NC(CCC(=O)O)C(=O)O. The van der Waals surface area contributed by atoms with Crippen molar-refractivity contribution in [1.82, 2.24) is 20.9 Å². The van der Waals surface area contributed by atoms with E-state index in [1.165, 1.54) is 11.8 Å². The third-order valence-corrected chi connectivity index (χ3v) is 7.19. The van der Waals surface area contributed by atoms with Crippen LogP contribution in [0.4, 0.5) is 0 Å². The van der Waals surface area contributed by atoms with Crippen LogP contribution < -0.4 is 33.2 Å². The molecule has 0 bridgehead atoms. The Hall–Kier alpha value is -4.31. The van der Waals surface area contributed by atoms with E-state index in [1.807, 2.05) is 30.5 Å². The summed E-state index contributed by atoms with van der Waals surface area (Å²) < 4.78 is 0. The zero-order chi connectivity index (χ0) is 31.9. The van der Waals surface area contributed by atoms with Gasteiger partial charge in [-0.05, 0) is 49.3 Å². The molecular weight excluding hydrogens is 580 g/mol. The number of carboxylic acid groups (broad SMARTS) is 2. The number of aliphatic carboxylic acids is 2. The van der Waals surface area contributed by atoms with E-state index in [1.54, 1.807) is 6.20 Å². The number of hydrogen-bond donors (Lipinski definition) is 9. The maximum atomic E-state index is 13.5. The summed E-state index contributed by atoms with van der Waals surface area (Å²) >= 11 is 1.52. The number of benzene rings is 1. The molecule has 12 N–H and O–H groups in total. The quantitative estimate of drug-likeness (QED) is 0.0535. The molecule has 0 fully saturated rings. The Morgan fingerprint density at radius 1 is 0.930 bits per heavy atom. The number of hydrogen-bond acceptors (Lipinski definition) is 8. The lowest BCUT2D eigenvalue weighted by Crippen LogP contribution is -2.57. The van der Waals surface area contributed by atoms with Crippen LogP contribution in [0.25, 0.3) is 10.9 Å². The second kappa shape index (κ2) is 17.6. The van der Waals surface area contributed by atoms with Gasteiger partial charge in [-0.3, -0.25) is 24.2 Å². The van der Waals surface area contributed by atoms with Crippen molar-refractivity contribution in [3.63, 3.8) is 0 Å². The molecule has 15 nitrogen and oxygen atoms in total. The van der Waals surface area contributed by atoms with E-state index in [2.05, 4.69) is 25.9 Å². The first-order valence-electron chi connectivity index (χ1n) is 13.6. The van der Waals surface area contributed by atoms with Gasteiger partial charge in [-0.1, -0.05) is 18.2 Å². The number of rotatable bonds is 19. The fourth-order valence-corrected chi connectivity index (χ4v) is 4.72. The highest BCUT2D eigenvalue weighted by molar-refractivity contribution is 7.98. The minimum Gasteiger partial charge on any atom is -0.481 e. The monoisotopic (exact) mass is 620 g/mol. The summed E-state index contributed by atoms with van der Waals surface area (Å²) in [7, 11) is 0. The molecule has 4 atom stereocenters. The molecule has 2 rings (SSSR count). The number of aromatic nitrogens is 1. The fraction of sp³-hybridized carbons (Fsp3) is 0.481. The number of nitrogens with one attached hydrogen (secondary N) is 4. The Balaban J connectivity index is 2.32. The second-order valence-electron chi connectivity index (χ2n) is 9.85. The van der Waals surface area contributed by atoms with Crippen molar-refractivity contribution in [2.75, 3.05) is 18.6 Å². The summed E-state index contributed by atoms with van der Waals surface area (Å²) in [6.07, 6.45) is 3.48. The number of carbonyl (C=O) groups is 5. The minimum absolute atomic E-state index is 0.0330. The fourth-order valence-electron chi connectivity index (χ4n) is 4.23. The van der Waals surface area contributed by atoms with Crippen LogP contribution in [0.5, 0.6) is 0 Å². The van der Waals surface area contributed by atoms with E-state index < -0.39 is 60.2 Å². The number of aromatic amines is 1. The lowest BCUT2D eigenvalue weighted by Gasteiger charge is -2.25. The van der Waals surface area contributed by atoms with Crippen LogP contribution in [0, 0.1) is 0 Å². The number of para-hydroxylation sites is 1. The number of fused-ring (bicyclic) bond motifs is 1. The van der Waals surface area contributed by atoms with Crippen molar-refractivity contribution in [1.29, 1.82) is 0 Å². The molecule has 3 amide bonds. The second-order valence-corrected chi connectivity index (χ2v) is 10.8. The maximum Gasteiger partial charge on any atom is 0.326 e. The van der Waals surface area contributed by atoms with Gasteiger partial charge in [0.05, 0.1) is 6.04 Å². The summed E-state index contributed by atoms with van der Waals surface area (Å²) in [4.78, 5) is 69.5. The molecule has 43 heavy (non-hydrogen) atoms. The Kier molecular flexibility index (Phi) is 14.3. The molecule has 2 aromatic rings. The highest BCUT2D eigenvalue weighted by atomic mass is 32.2. The molecule has 1 aromatic heterocycles. The predicted molar refractivity (Wildman–Crippen MR) is 163 cm³/mol. The zero-order valence-electron chi connectivity index (χ0n) is 23.9. The van der Waals surface area contributed by atoms with Crippen LogP contribution in [0.15, 0.2) is 35.5 Å². The summed E-state index contributed by atoms with van der Waals surface area (Å²) in [6, 6.07) is 2.54. The number of guanidine groups is 1. The number of carboxylic acids is 2. The highest BCUT2D eigenvalue weighted by Crippen LogP contribution is 2.19. The van der Waals surface area contributed by atoms with E-state index in [-0.39, 0.29) is 31.8 Å². The van der Waals surface area contributed by atoms with E-state index in [0.717, 1.165) is 10.9 Å². The van der Waals surface area contributed by atoms with Gasteiger partial charge in [0, 0.05) is 36.5 Å². The van der Waals surface area contributed by atoms with Crippen LogP contribution in [0.2, 0.25) is 0 Å². The van der Waals surface area contributed by atoms with Crippen molar-refractivity contribution in [2.24, 2.45) is 22.2 Å². The Bertz CT molecular complexity index is 1300. The number of nitrogens with two attached hydrogens (primary N) is 3. The molecule has 0 aliphatic rings. The number of carbonyl (C=O) groups excluding carboxylic acids is 3. The number of thioether (sulfide) groups is 1. The van der Waals surface area contributed by atoms with E-state index in [9.17, 15) is 29.1 Å². The zero-order valence-corrected chi connectivity index (χ0v) is 24.7. The standard InChI is InChI=1S/C27H40N8O7S/c1-43-12-10-17(28)23(38)33-19(7-4-11-31-27(29)30)24(39)35-21(13-15-14-32-18-6-3-2-5-16(15)18)25(40)34-20(26(41)42)8-9-22(36)37/h2-3,5-6,14,17,19-21,32H,4,7-13,28H2,1H3,(H,33,38)(H,34,40)(H,35,39)(H,36,37)(H,41,42)(H4,29,30,31). The average molecular weight is 621 g/mol. The number of aliphatic imine (C=N–C) groups is 1. The van der Waals surface area contributed by atoms with Crippen molar-refractivity contribution in [2.45, 2.75) is 62.7 Å². The summed E-state index contributed by atoms with van der Waals surface area (Å²) in [5.41, 5.74) is 18.2. The summed E-state index contributed by atoms with van der Waals surface area (Å²) in [6.45, 7) is 0.184. The van der Waals surface area contributed by atoms with Gasteiger partial charge < -0.3 is 48.3 Å². The van der Waals surface area contributed by atoms with Gasteiger partial charge in [0.2, 0.25) is 17.7 Å². The number of H-pyrrole nitrogens is 1. The van der Waals surface area contributed by atoms with E-state index >= 15 is 0 Å². The summed E-state index contributed by atoms with van der Waals surface area (Å²) in [5.74, 6) is -4.22. The first-order chi connectivity index (χ1) is 20.4.